The maximum absolute atomic E-state index is 12.7. The van der Waals surface area contributed by atoms with Gasteiger partial charge in [0.05, 0.1) is 17.7 Å². The zero-order valence-electron chi connectivity index (χ0n) is 16.1. The molecule has 0 bridgehead atoms. The van der Waals surface area contributed by atoms with E-state index in [0.29, 0.717) is 24.1 Å². The van der Waals surface area contributed by atoms with Gasteiger partial charge in [-0.3, -0.25) is 0 Å². The molecule has 11 heteroatoms. The molecule has 0 amide bonds. The molecule has 1 heterocycles. The van der Waals surface area contributed by atoms with E-state index in [1.54, 1.807) is 24.3 Å². The van der Waals surface area contributed by atoms with Crippen LogP contribution in [0.3, 0.4) is 0 Å². The Kier molecular flexibility index (Phi) is 6.82. The normalized spacial score (nSPS) is 16.2. The van der Waals surface area contributed by atoms with E-state index >= 15 is 0 Å². The van der Waals surface area contributed by atoms with Crippen LogP contribution in [0, 0.1) is 6.57 Å². The number of hydrogen-bond acceptors (Lipinski definition) is 5. The first kappa shape index (κ1) is 22.6. The van der Waals surface area contributed by atoms with Gasteiger partial charge < -0.3 is 9.57 Å². The second kappa shape index (κ2) is 9.36. The van der Waals surface area contributed by atoms with Crippen LogP contribution in [-0.4, -0.2) is 44.5 Å². The molecule has 1 aliphatic heterocycles. The molecular formula is C20H18F3N3O4S. The van der Waals surface area contributed by atoms with Crippen molar-refractivity contribution in [3.8, 4) is 5.75 Å². The Morgan fingerprint density at radius 3 is 2.42 bits per heavy atom. The van der Waals surface area contributed by atoms with E-state index in [0.717, 1.165) is 24.3 Å². The van der Waals surface area contributed by atoms with Gasteiger partial charge in [-0.05, 0) is 35.9 Å². The molecule has 0 saturated carbocycles. The summed E-state index contributed by atoms with van der Waals surface area (Å²) >= 11 is 0. The van der Waals surface area contributed by atoms with Gasteiger partial charge >= 0.3 is 6.36 Å². The summed E-state index contributed by atoms with van der Waals surface area (Å²) in [4.78, 5) is 8.66. The molecule has 3 rings (SSSR count). The van der Waals surface area contributed by atoms with Gasteiger partial charge in [0.1, 0.15) is 11.9 Å². The monoisotopic (exact) mass is 453 g/mol. The molecule has 0 radical (unpaired) electrons. The summed E-state index contributed by atoms with van der Waals surface area (Å²) in [5.74, 6) is -0.488. The maximum atomic E-state index is 12.7. The Morgan fingerprint density at radius 2 is 1.81 bits per heavy atom. The van der Waals surface area contributed by atoms with Crippen molar-refractivity contribution in [3.05, 3.63) is 65.5 Å². The number of oxime groups is 1. The lowest BCUT2D eigenvalue weighted by molar-refractivity contribution is -0.274. The standard InChI is InChI=1S/C20H18F3N3O4S/c1-24-16-4-2-3-15(13-16)14-25-30-18-9-11-26(12-10-18)31(27,28)19-7-5-17(6-8-19)29-20(21,22)23/h2-8,13-14,18H,9-12H2/b25-14+. The molecule has 0 atom stereocenters. The van der Waals surface area contributed by atoms with E-state index in [9.17, 15) is 21.6 Å². The number of nitrogens with zero attached hydrogens (tertiary/aromatic N) is 3. The lowest BCUT2D eigenvalue weighted by atomic mass is 10.1. The van der Waals surface area contributed by atoms with Crippen molar-refractivity contribution in [3.63, 3.8) is 0 Å². The van der Waals surface area contributed by atoms with Crippen LogP contribution < -0.4 is 4.74 Å². The predicted molar refractivity (Wildman–Crippen MR) is 106 cm³/mol. The molecule has 0 aromatic heterocycles. The largest absolute Gasteiger partial charge is 0.573 e. The SMILES string of the molecule is [C-]#[N+]c1cccc(/C=N/OC2CCN(S(=O)(=O)c3ccc(OC(F)(F)F)cc3)CC2)c1. The number of alkyl halides is 3. The zero-order valence-corrected chi connectivity index (χ0v) is 16.9. The predicted octanol–water partition coefficient (Wildman–Crippen LogP) is 4.34. The van der Waals surface area contributed by atoms with Crippen molar-refractivity contribution in [2.45, 2.75) is 30.2 Å². The Bertz CT molecular complexity index is 1070. The van der Waals surface area contributed by atoms with Crippen LogP contribution in [0.5, 0.6) is 5.75 Å². The Balaban J connectivity index is 1.54. The molecular weight excluding hydrogens is 435 g/mol. The summed E-state index contributed by atoms with van der Waals surface area (Å²) in [6, 6.07) is 11.0. The number of rotatable bonds is 6. The number of piperidine rings is 1. The summed E-state index contributed by atoms with van der Waals surface area (Å²) < 4.78 is 67.2. The molecule has 0 N–H and O–H groups in total. The topological polar surface area (TPSA) is 72.6 Å². The van der Waals surface area contributed by atoms with Crippen molar-refractivity contribution in [1.82, 2.24) is 4.31 Å². The lowest BCUT2D eigenvalue weighted by Gasteiger charge is -2.29. The highest BCUT2D eigenvalue weighted by atomic mass is 32.2. The van der Waals surface area contributed by atoms with Crippen LogP contribution in [-0.2, 0) is 14.9 Å². The third kappa shape index (κ3) is 6.19. The van der Waals surface area contributed by atoms with Crippen molar-refractivity contribution >= 4 is 21.9 Å². The van der Waals surface area contributed by atoms with Crippen LogP contribution in [0.4, 0.5) is 18.9 Å². The van der Waals surface area contributed by atoms with E-state index in [1.807, 2.05) is 0 Å². The average molecular weight is 453 g/mol. The number of halogens is 3. The fourth-order valence-electron chi connectivity index (χ4n) is 2.99. The zero-order chi connectivity index (χ0) is 22.5. The van der Waals surface area contributed by atoms with Crippen LogP contribution >= 0.6 is 0 Å². The molecule has 164 valence electrons. The van der Waals surface area contributed by atoms with Crippen LogP contribution in [0.2, 0.25) is 0 Å². The van der Waals surface area contributed by atoms with E-state index < -0.39 is 22.1 Å². The Morgan fingerprint density at radius 1 is 1.13 bits per heavy atom. The molecule has 1 saturated heterocycles. The summed E-state index contributed by atoms with van der Waals surface area (Å²) in [5.41, 5.74) is 1.20. The Hall–Kier alpha value is -3.10. The minimum Gasteiger partial charge on any atom is -0.406 e. The van der Waals surface area contributed by atoms with E-state index in [-0.39, 0.29) is 24.1 Å². The third-order valence-electron chi connectivity index (χ3n) is 4.51. The highest BCUT2D eigenvalue weighted by Gasteiger charge is 2.32. The summed E-state index contributed by atoms with van der Waals surface area (Å²) in [6.07, 6.45) is -2.80. The molecule has 0 aliphatic carbocycles. The number of benzene rings is 2. The first-order valence-corrected chi connectivity index (χ1v) is 10.6. The quantitative estimate of drug-likeness (QED) is 0.371. The molecule has 2 aromatic rings. The highest BCUT2D eigenvalue weighted by molar-refractivity contribution is 7.89. The summed E-state index contributed by atoms with van der Waals surface area (Å²) in [6.45, 7) is 7.38. The average Bonchev–Trinajstić information content (AvgIpc) is 2.73. The fraction of sp³-hybridized carbons (Fsp3) is 0.300. The molecule has 1 aliphatic rings. The molecule has 0 unspecified atom stereocenters. The molecule has 1 fully saturated rings. The third-order valence-corrected chi connectivity index (χ3v) is 6.42. The molecule has 2 aromatic carbocycles. The summed E-state index contributed by atoms with van der Waals surface area (Å²) in [5, 5.41) is 3.92. The van der Waals surface area contributed by atoms with E-state index in [2.05, 4.69) is 14.7 Å². The van der Waals surface area contributed by atoms with Crippen LogP contribution in [0.25, 0.3) is 4.85 Å². The van der Waals surface area contributed by atoms with Gasteiger partial charge in [0.15, 0.2) is 5.69 Å². The lowest BCUT2D eigenvalue weighted by Crippen LogP contribution is -2.40. The van der Waals surface area contributed by atoms with Gasteiger partial charge in [0, 0.05) is 25.9 Å². The van der Waals surface area contributed by atoms with E-state index in [4.69, 9.17) is 11.4 Å². The maximum Gasteiger partial charge on any atom is 0.573 e. The van der Waals surface area contributed by atoms with Crippen molar-refractivity contribution < 1.29 is 31.2 Å². The number of hydrogen-bond donors (Lipinski definition) is 0. The first-order chi connectivity index (χ1) is 14.7. The molecule has 7 nitrogen and oxygen atoms in total. The smallest absolute Gasteiger partial charge is 0.406 e. The van der Waals surface area contributed by atoms with Gasteiger partial charge in [-0.15, -0.1) is 13.2 Å². The summed E-state index contributed by atoms with van der Waals surface area (Å²) in [7, 11) is -3.84. The van der Waals surface area contributed by atoms with E-state index in [1.165, 1.54) is 10.5 Å². The number of sulfonamides is 1. The van der Waals surface area contributed by atoms with Gasteiger partial charge in [-0.1, -0.05) is 23.4 Å². The van der Waals surface area contributed by atoms with Gasteiger partial charge in [-0.2, -0.15) is 4.31 Å². The number of ether oxygens (including phenoxy) is 1. The minimum absolute atomic E-state index is 0.112. The van der Waals surface area contributed by atoms with Gasteiger partial charge in [0.2, 0.25) is 10.0 Å². The second-order valence-corrected chi connectivity index (χ2v) is 8.61. The van der Waals surface area contributed by atoms with Crippen molar-refractivity contribution in [1.29, 1.82) is 0 Å². The molecule has 31 heavy (non-hydrogen) atoms. The first-order valence-electron chi connectivity index (χ1n) is 9.20. The van der Waals surface area contributed by atoms with Gasteiger partial charge in [0.25, 0.3) is 0 Å². The Labute approximate surface area is 177 Å². The second-order valence-electron chi connectivity index (χ2n) is 6.67. The minimum atomic E-state index is -4.84. The van der Waals surface area contributed by atoms with Crippen LogP contribution in [0.15, 0.2) is 58.6 Å². The van der Waals surface area contributed by atoms with Crippen LogP contribution in [0.1, 0.15) is 18.4 Å². The van der Waals surface area contributed by atoms with Crippen molar-refractivity contribution in [2.24, 2.45) is 5.16 Å². The van der Waals surface area contributed by atoms with Crippen molar-refractivity contribution in [2.75, 3.05) is 13.1 Å². The fourth-order valence-corrected chi connectivity index (χ4v) is 4.46. The molecule has 0 spiro atoms. The van der Waals surface area contributed by atoms with Gasteiger partial charge in [-0.25, -0.2) is 13.3 Å². The highest BCUT2D eigenvalue weighted by Crippen LogP contribution is 2.26.